The van der Waals surface area contributed by atoms with Crippen molar-refractivity contribution in [2.45, 2.75) is 77.0 Å². The van der Waals surface area contributed by atoms with Gasteiger partial charge in [0.2, 0.25) is 0 Å². The van der Waals surface area contributed by atoms with Gasteiger partial charge in [-0.15, -0.1) is 0 Å². The Bertz CT molecular complexity index is 582. The number of rotatable bonds is 17. The van der Waals surface area contributed by atoms with Gasteiger partial charge < -0.3 is 9.47 Å². The topological polar surface area (TPSA) is 55.8 Å². The number of methoxy groups -OCH3 is 1. The molecule has 0 aromatic heterocycles. The molecule has 1 aliphatic rings. The third-order valence-electron chi connectivity index (χ3n) is 5.50. The molecular formula is C24H37NO4. The Balaban J connectivity index is 1.37. The van der Waals surface area contributed by atoms with E-state index in [0.29, 0.717) is 24.5 Å². The fourth-order valence-electron chi connectivity index (χ4n) is 3.83. The normalized spacial score (nSPS) is 13.3. The van der Waals surface area contributed by atoms with Crippen LogP contribution in [0.2, 0.25) is 0 Å². The van der Waals surface area contributed by atoms with E-state index in [2.05, 4.69) is 0 Å². The first-order chi connectivity index (χ1) is 14.3. The summed E-state index contributed by atoms with van der Waals surface area (Å²) in [7, 11) is 1.65. The number of fused-ring (bicyclic) bond motifs is 1. The van der Waals surface area contributed by atoms with E-state index in [-0.39, 0.29) is 11.8 Å². The second-order valence-corrected chi connectivity index (χ2v) is 7.86. The van der Waals surface area contributed by atoms with Crippen molar-refractivity contribution in [2.24, 2.45) is 0 Å². The number of carbonyl (C=O) groups excluding carboxylic acids is 2. The lowest BCUT2D eigenvalue weighted by Crippen LogP contribution is -2.30. The van der Waals surface area contributed by atoms with Gasteiger partial charge in [0.25, 0.3) is 11.8 Å². The molecule has 2 amide bonds. The first-order valence-corrected chi connectivity index (χ1v) is 11.3. The smallest absolute Gasteiger partial charge is 0.261 e. The van der Waals surface area contributed by atoms with Crippen LogP contribution in [0, 0.1) is 0 Å². The molecule has 1 heterocycles. The number of unbranched alkanes of at least 4 members (excludes halogenated alkanes) is 11. The first-order valence-electron chi connectivity index (χ1n) is 11.3. The van der Waals surface area contributed by atoms with E-state index >= 15 is 0 Å². The Morgan fingerprint density at radius 3 is 1.62 bits per heavy atom. The highest BCUT2D eigenvalue weighted by atomic mass is 16.7. The number of carbonyl (C=O) groups is 2. The lowest BCUT2D eigenvalue weighted by molar-refractivity contribution is -0.0315. The molecule has 0 N–H and O–H groups in total. The lowest BCUT2D eigenvalue weighted by atomic mass is 10.1. The summed E-state index contributed by atoms with van der Waals surface area (Å²) in [5.41, 5.74) is 1.11. The molecule has 0 unspecified atom stereocenters. The lowest BCUT2D eigenvalue weighted by Gasteiger charge is -2.13. The van der Waals surface area contributed by atoms with Crippen molar-refractivity contribution >= 4 is 11.8 Å². The number of hydrogen-bond acceptors (Lipinski definition) is 4. The van der Waals surface area contributed by atoms with Crippen LogP contribution in [0.25, 0.3) is 0 Å². The zero-order valence-corrected chi connectivity index (χ0v) is 18.0. The Hall–Kier alpha value is -1.72. The minimum Gasteiger partial charge on any atom is -0.359 e. The molecular weight excluding hydrogens is 366 g/mol. The van der Waals surface area contributed by atoms with E-state index in [1.54, 1.807) is 19.2 Å². The molecule has 0 atom stereocenters. The van der Waals surface area contributed by atoms with Gasteiger partial charge >= 0.3 is 0 Å². The molecule has 1 aliphatic heterocycles. The molecule has 5 heteroatoms. The highest BCUT2D eigenvalue weighted by Gasteiger charge is 2.34. The van der Waals surface area contributed by atoms with Gasteiger partial charge in [-0.2, -0.15) is 0 Å². The van der Waals surface area contributed by atoms with Crippen molar-refractivity contribution in [3.05, 3.63) is 35.4 Å². The second kappa shape index (κ2) is 14.3. The molecule has 162 valence electrons. The fourth-order valence-corrected chi connectivity index (χ4v) is 3.83. The van der Waals surface area contributed by atoms with Crippen molar-refractivity contribution in [3.8, 4) is 0 Å². The summed E-state index contributed by atoms with van der Waals surface area (Å²) in [6.45, 7) is 1.76. The van der Waals surface area contributed by atoms with Crippen LogP contribution in [0.5, 0.6) is 0 Å². The van der Waals surface area contributed by atoms with Gasteiger partial charge in [0.05, 0.1) is 11.1 Å². The number of nitrogens with zero attached hydrogens (tertiary/aromatic N) is 1. The highest BCUT2D eigenvalue weighted by Crippen LogP contribution is 2.23. The van der Waals surface area contributed by atoms with E-state index in [1.807, 2.05) is 12.1 Å². The van der Waals surface area contributed by atoms with E-state index in [9.17, 15) is 9.59 Å². The predicted octanol–water partition coefficient (Wildman–Crippen LogP) is 5.58. The van der Waals surface area contributed by atoms with Crippen LogP contribution in [0.1, 0.15) is 97.8 Å². The minimum atomic E-state index is -0.131. The SMILES string of the molecule is COCOCCCCCCCCCCCCCCN1C(=O)c2ccccc2C1=O. The summed E-state index contributed by atoms with van der Waals surface area (Å²) >= 11 is 0. The molecule has 0 fully saturated rings. The van der Waals surface area contributed by atoms with Crippen LogP contribution in [0.15, 0.2) is 24.3 Å². The average molecular weight is 404 g/mol. The third-order valence-corrected chi connectivity index (χ3v) is 5.50. The van der Waals surface area contributed by atoms with Gasteiger partial charge in [0.1, 0.15) is 6.79 Å². The molecule has 0 saturated heterocycles. The van der Waals surface area contributed by atoms with Crippen molar-refractivity contribution in [1.82, 2.24) is 4.90 Å². The Morgan fingerprint density at radius 2 is 1.14 bits per heavy atom. The van der Waals surface area contributed by atoms with Gasteiger partial charge in [0, 0.05) is 20.3 Å². The quantitative estimate of drug-likeness (QED) is 0.193. The summed E-state index contributed by atoms with van der Waals surface area (Å²) in [4.78, 5) is 26.0. The van der Waals surface area contributed by atoms with Gasteiger partial charge in [-0.3, -0.25) is 14.5 Å². The first kappa shape index (κ1) is 23.6. The fraction of sp³-hybridized carbons (Fsp3) is 0.667. The largest absolute Gasteiger partial charge is 0.359 e. The third kappa shape index (κ3) is 8.27. The van der Waals surface area contributed by atoms with E-state index in [4.69, 9.17) is 9.47 Å². The van der Waals surface area contributed by atoms with E-state index < -0.39 is 0 Å². The van der Waals surface area contributed by atoms with Crippen LogP contribution in [0.4, 0.5) is 0 Å². The Morgan fingerprint density at radius 1 is 0.690 bits per heavy atom. The number of ether oxygens (including phenoxy) is 2. The van der Waals surface area contributed by atoms with Crippen molar-refractivity contribution in [3.63, 3.8) is 0 Å². The molecule has 29 heavy (non-hydrogen) atoms. The molecule has 0 radical (unpaired) electrons. The summed E-state index contributed by atoms with van der Waals surface area (Å²) in [6.07, 6.45) is 14.7. The van der Waals surface area contributed by atoms with Gasteiger partial charge in [0.15, 0.2) is 0 Å². The maximum Gasteiger partial charge on any atom is 0.261 e. The van der Waals surface area contributed by atoms with Crippen LogP contribution in [-0.2, 0) is 9.47 Å². The van der Waals surface area contributed by atoms with Gasteiger partial charge in [-0.25, -0.2) is 0 Å². The molecule has 2 rings (SSSR count). The van der Waals surface area contributed by atoms with E-state index in [0.717, 1.165) is 25.9 Å². The van der Waals surface area contributed by atoms with Crippen molar-refractivity contribution < 1.29 is 19.1 Å². The van der Waals surface area contributed by atoms with Crippen LogP contribution >= 0.6 is 0 Å². The van der Waals surface area contributed by atoms with Crippen molar-refractivity contribution in [2.75, 3.05) is 27.1 Å². The maximum absolute atomic E-state index is 12.3. The Labute approximate surface area is 175 Å². The zero-order valence-electron chi connectivity index (χ0n) is 18.0. The monoisotopic (exact) mass is 403 g/mol. The summed E-state index contributed by atoms with van der Waals surface area (Å²) in [6, 6.07) is 7.11. The number of hydrogen-bond donors (Lipinski definition) is 0. The number of imide groups is 1. The molecule has 1 aromatic carbocycles. The van der Waals surface area contributed by atoms with Crippen LogP contribution in [-0.4, -0.2) is 43.8 Å². The Kier molecular flexibility index (Phi) is 11.6. The summed E-state index contributed by atoms with van der Waals surface area (Å²) in [5, 5.41) is 0. The van der Waals surface area contributed by atoms with Crippen LogP contribution < -0.4 is 0 Å². The number of amides is 2. The van der Waals surface area contributed by atoms with E-state index in [1.165, 1.54) is 62.7 Å². The second-order valence-electron chi connectivity index (χ2n) is 7.86. The zero-order chi connectivity index (χ0) is 20.7. The summed E-state index contributed by atoms with van der Waals surface area (Å²) in [5.74, 6) is -0.263. The standard InChI is InChI=1S/C24H37NO4/c1-28-20-29-19-15-11-9-7-5-3-2-4-6-8-10-14-18-25-23(26)21-16-12-13-17-22(21)24(25)27/h12-13,16-17H,2-11,14-15,18-20H2,1H3. The molecule has 1 aromatic rings. The maximum atomic E-state index is 12.3. The molecule has 5 nitrogen and oxygen atoms in total. The molecule has 0 saturated carbocycles. The average Bonchev–Trinajstić information content (AvgIpc) is 2.98. The van der Waals surface area contributed by atoms with Crippen LogP contribution in [0.3, 0.4) is 0 Å². The molecule has 0 spiro atoms. The van der Waals surface area contributed by atoms with Gasteiger partial charge in [-0.1, -0.05) is 76.3 Å². The summed E-state index contributed by atoms with van der Waals surface area (Å²) < 4.78 is 10.1. The highest BCUT2D eigenvalue weighted by molar-refractivity contribution is 6.21. The molecule has 0 aliphatic carbocycles. The number of benzene rings is 1. The molecule has 0 bridgehead atoms. The van der Waals surface area contributed by atoms with Crippen molar-refractivity contribution in [1.29, 1.82) is 0 Å². The minimum absolute atomic E-state index is 0.131. The van der Waals surface area contributed by atoms with Gasteiger partial charge in [-0.05, 0) is 25.0 Å². The predicted molar refractivity (Wildman–Crippen MR) is 115 cm³/mol.